The molecule has 7 heteroatoms. The molecule has 2 aromatic heterocycles. The van der Waals surface area contributed by atoms with Crippen molar-refractivity contribution in [1.82, 2.24) is 25.1 Å². The van der Waals surface area contributed by atoms with Crippen molar-refractivity contribution in [1.29, 1.82) is 0 Å². The number of amides is 1. The lowest BCUT2D eigenvalue weighted by molar-refractivity contribution is 0.0595. The van der Waals surface area contributed by atoms with Crippen molar-refractivity contribution in [2.24, 2.45) is 0 Å². The summed E-state index contributed by atoms with van der Waals surface area (Å²) in [6, 6.07) is 9.50. The molecule has 1 aromatic carbocycles. The first-order valence-electron chi connectivity index (χ1n) is 8.62. The molecule has 1 aliphatic rings. The number of likely N-dealkylation sites (tertiary alicyclic amines) is 1. The van der Waals surface area contributed by atoms with Crippen molar-refractivity contribution in [2.75, 3.05) is 6.54 Å². The zero-order valence-corrected chi connectivity index (χ0v) is 14.1. The Kier molecular flexibility index (Phi) is 4.43. The van der Waals surface area contributed by atoms with E-state index >= 15 is 0 Å². The van der Waals surface area contributed by atoms with Crippen LogP contribution in [0.15, 0.2) is 48.8 Å². The third-order valence-corrected chi connectivity index (χ3v) is 4.62. The number of aromatic amines is 1. The first kappa shape index (κ1) is 16.4. The Labute approximate surface area is 150 Å². The monoisotopic (exact) mass is 351 g/mol. The van der Waals surface area contributed by atoms with Crippen LogP contribution >= 0.6 is 0 Å². The minimum atomic E-state index is -0.503. The van der Waals surface area contributed by atoms with Crippen LogP contribution in [0.25, 0.3) is 11.4 Å². The smallest absolute Gasteiger partial charge is 0.257 e. The van der Waals surface area contributed by atoms with Gasteiger partial charge in [-0.25, -0.2) is 9.37 Å². The first-order chi connectivity index (χ1) is 12.7. The van der Waals surface area contributed by atoms with E-state index in [-0.39, 0.29) is 17.5 Å². The van der Waals surface area contributed by atoms with E-state index in [1.54, 1.807) is 29.4 Å². The van der Waals surface area contributed by atoms with Gasteiger partial charge in [0.1, 0.15) is 11.6 Å². The third kappa shape index (κ3) is 3.08. The van der Waals surface area contributed by atoms with Gasteiger partial charge in [-0.3, -0.25) is 14.9 Å². The minimum Gasteiger partial charge on any atom is -0.328 e. The minimum absolute atomic E-state index is 0.0910. The number of piperidine rings is 1. The van der Waals surface area contributed by atoms with Crippen molar-refractivity contribution in [3.05, 3.63) is 66.0 Å². The molecular formula is C19H18FN5O. The number of pyridine rings is 1. The van der Waals surface area contributed by atoms with Gasteiger partial charge in [0.2, 0.25) is 0 Å². The SMILES string of the molecule is O=C(c1ccccc1F)N1CCCCC1c1nc(-c2ccncc2)n[nH]1. The fourth-order valence-electron chi connectivity index (χ4n) is 3.30. The van der Waals surface area contributed by atoms with Crippen molar-refractivity contribution in [3.8, 4) is 11.4 Å². The Morgan fingerprint density at radius 3 is 2.77 bits per heavy atom. The normalized spacial score (nSPS) is 17.3. The first-order valence-corrected chi connectivity index (χ1v) is 8.62. The van der Waals surface area contributed by atoms with Crippen molar-refractivity contribution < 1.29 is 9.18 Å². The summed E-state index contributed by atoms with van der Waals surface area (Å²) in [5, 5.41) is 7.23. The number of carbonyl (C=O) groups is 1. The molecule has 0 radical (unpaired) electrons. The fourth-order valence-corrected chi connectivity index (χ4v) is 3.30. The van der Waals surface area contributed by atoms with Crippen LogP contribution < -0.4 is 0 Å². The van der Waals surface area contributed by atoms with Crippen LogP contribution in [0.1, 0.15) is 41.5 Å². The van der Waals surface area contributed by atoms with Crippen molar-refractivity contribution in [3.63, 3.8) is 0 Å². The van der Waals surface area contributed by atoms with E-state index in [0.717, 1.165) is 24.8 Å². The molecule has 1 saturated heterocycles. The molecule has 26 heavy (non-hydrogen) atoms. The number of hydrogen-bond donors (Lipinski definition) is 1. The Hall–Kier alpha value is -3.09. The van der Waals surface area contributed by atoms with E-state index in [9.17, 15) is 9.18 Å². The van der Waals surface area contributed by atoms with Gasteiger partial charge < -0.3 is 4.90 Å². The summed E-state index contributed by atoms with van der Waals surface area (Å²) in [5.74, 6) is 0.374. The summed E-state index contributed by atoms with van der Waals surface area (Å²) in [7, 11) is 0. The topological polar surface area (TPSA) is 74.8 Å². The molecule has 0 spiro atoms. The summed E-state index contributed by atoms with van der Waals surface area (Å²) in [6.45, 7) is 0.573. The second-order valence-corrected chi connectivity index (χ2v) is 6.27. The predicted octanol–water partition coefficient (Wildman–Crippen LogP) is 3.37. The van der Waals surface area contributed by atoms with E-state index < -0.39 is 5.82 Å². The van der Waals surface area contributed by atoms with Crippen LogP contribution in [0, 0.1) is 5.82 Å². The summed E-state index contributed by atoms with van der Waals surface area (Å²) in [4.78, 5) is 23.2. The molecule has 1 atom stereocenters. The zero-order chi connectivity index (χ0) is 17.9. The lowest BCUT2D eigenvalue weighted by atomic mass is 10.00. The third-order valence-electron chi connectivity index (χ3n) is 4.62. The number of aromatic nitrogens is 4. The van der Waals surface area contributed by atoms with Crippen LogP contribution in [-0.4, -0.2) is 37.5 Å². The quantitative estimate of drug-likeness (QED) is 0.785. The lowest BCUT2D eigenvalue weighted by Crippen LogP contribution is -2.39. The number of rotatable bonds is 3. The lowest BCUT2D eigenvalue weighted by Gasteiger charge is -2.34. The van der Waals surface area contributed by atoms with Gasteiger partial charge in [0, 0.05) is 24.5 Å². The maximum absolute atomic E-state index is 14.1. The molecule has 1 amide bonds. The highest BCUT2D eigenvalue weighted by Crippen LogP contribution is 2.31. The fraction of sp³-hybridized carbons (Fsp3) is 0.263. The van der Waals surface area contributed by atoms with Gasteiger partial charge in [-0.2, -0.15) is 5.10 Å². The standard InChI is InChI=1S/C19H18FN5O/c20-15-6-2-1-5-14(15)19(26)25-12-4-3-7-16(25)18-22-17(23-24-18)13-8-10-21-11-9-13/h1-2,5-6,8-11,16H,3-4,7,12H2,(H,22,23,24). The van der Waals surface area contributed by atoms with Gasteiger partial charge in [0.25, 0.3) is 5.91 Å². The van der Waals surface area contributed by atoms with E-state index in [1.165, 1.54) is 12.1 Å². The van der Waals surface area contributed by atoms with Crippen LogP contribution in [0.4, 0.5) is 4.39 Å². The summed E-state index contributed by atoms with van der Waals surface area (Å²) in [5.41, 5.74) is 0.943. The van der Waals surface area contributed by atoms with Gasteiger partial charge in [0.05, 0.1) is 11.6 Å². The highest BCUT2D eigenvalue weighted by Gasteiger charge is 2.32. The number of halogens is 1. The average molecular weight is 351 g/mol. The van der Waals surface area contributed by atoms with Gasteiger partial charge in [-0.1, -0.05) is 12.1 Å². The van der Waals surface area contributed by atoms with Crippen LogP contribution in [0.2, 0.25) is 0 Å². The van der Waals surface area contributed by atoms with Gasteiger partial charge in [-0.15, -0.1) is 0 Å². The molecule has 1 fully saturated rings. The Balaban J connectivity index is 1.63. The summed E-state index contributed by atoms with van der Waals surface area (Å²) < 4.78 is 14.1. The van der Waals surface area contributed by atoms with Crippen LogP contribution in [-0.2, 0) is 0 Å². The van der Waals surface area contributed by atoms with Gasteiger partial charge in [-0.05, 0) is 43.5 Å². The van der Waals surface area contributed by atoms with Crippen LogP contribution in [0.3, 0.4) is 0 Å². The number of benzene rings is 1. The maximum atomic E-state index is 14.1. The van der Waals surface area contributed by atoms with Crippen molar-refractivity contribution in [2.45, 2.75) is 25.3 Å². The summed E-state index contributed by atoms with van der Waals surface area (Å²) in [6.07, 6.45) is 6.00. The second-order valence-electron chi connectivity index (χ2n) is 6.27. The van der Waals surface area contributed by atoms with E-state index in [2.05, 4.69) is 20.2 Å². The molecule has 1 unspecified atom stereocenters. The van der Waals surface area contributed by atoms with Gasteiger partial charge in [0.15, 0.2) is 5.82 Å². The second kappa shape index (κ2) is 7.03. The molecule has 0 bridgehead atoms. The predicted molar refractivity (Wildman–Crippen MR) is 93.6 cm³/mol. The Morgan fingerprint density at radius 1 is 1.15 bits per heavy atom. The number of carbonyl (C=O) groups excluding carboxylic acids is 1. The number of H-pyrrole nitrogens is 1. The van der Waals surface area contributed by atoms with E-state index in [1.807, 2.05) is 12.1 Å². The molecule has 0 saturated carbocycles. The Morgan fingerprint density at radius 2 is 1.96 bits per heavy atom. The molecule has 1 aliphatic heterocycles. The van der Waals surface area contributed by atoms with Gasteiger partial charge >= 0.3 is 0 Å². The Bertz CT molecular complexity index is 911. The molecule has 4 rings (SSSR count). The molecule has 1 N–H and O–H groups in total. The largest absolute Gasteiger partial charge is 0.328 e. The summed E-state index contributed by atoms with van der Waals surface area (Å²) >= 11 is 0. The highest BCUT2D eigenvalue weighted by molar-refractivity contribution is 5.94. The number of nitrogens with one attached hydrogen (secondary N) is 1. The number of nitrogens with zero attached hydrogens (tertiary/aromatic N) is 4. The molecular weight excluding hydrogens is 333 g/mol. The molecule has 132 valence electrons. The van der Waals surface area contributed by atoms with Crippen LogP contribution in [0.5, 0.6) is 0 Å². The van der Waals surface area contributed by atoms with Crippen molar-refractivity contribution >= 4 is 5.91 Å². The number of hydrogen-bond acceptors (Lipinski definition) is 4. The molecule has 3 heterocycles. The molecule has 3 aromatic rings. The highest BCUT2D eigenvalue weighted by atomic mass is 19.1. The molecule has 0 aliphatic carbocycles. The van der Waals surface area contributed by atoms with E-state index in [0.29, 0.717) is 18.2 Å². The zero-order valence-electron chi connectivity index (χ0n) is 14.1. The van der Waals surface area contributed by atoms with E-state index in [4.69, 9.17) is 0 Å². The maximum Gasteiger partial charge on any atom is 0.257 e. The average Bonchev–Trinajstić information content (AvgIpc) is 3.19. The molecule has 6 nitrogen and oxygen atoms in total.